The zero-order valence-electron chi connectivity index (χ0n) is 10.5. The van der Waals surface area contributed by atoms with Gasteiger partial charge in [-0.3, -0.25) is 0 Å². The van der Waals surface area contributed by atoms with Gasteiger partial charge in [-0.1, -0.05) is 13.0 Å². The molecule has 1 saturated carbocycles. The number of pyridine rings is 1. The summed E-state index contributed by atoms with van der Waals surface area (Å²) < 4.78 is 0. The Bertz CT molecular complexity index is 486. The Hall–Kier alpha value is -1.09. The summed E-state index contributed by atoms with van der Waals surface area (Å²) in [6, 6.07) is 4.34. The first-order valence-electron chi connectivity index (χ1n) is 6.58. The molecule has 0 aromatic carbocycles. The van der Waals surface area contributed by atoms with E-state index in [1.807, 2.05) is 6.20 Å². The number of hydrogen-bond donors (Lipinski definition) is 1. The highest BCUT2D eigenvalue weighted by molar-refractivity contribution is 5.63. The minimum atomic E-state index is 0.302. The van der Waals surface area contributed by atoms with Crippen LogP contribution in [0.3, 0.4) is 0 Å². The van der Waals surface area contributed by atoms with Crippen LogP contribution in [0, 0.1) is 5.92 Å². The smallest absolute Gasteiger partial charge is 0.130 e. The Morgan fingerprint density at radius 2 is 2.41 bits per heavy atom. The van der Waals surface area contributed by atoms with E-state index < -0.39 is 0 Å². The van der Waals surface area contributed by atoms with Crippen LogP contribution in [0.25, 0.3) is 0 Å². The molecular weight excluding hydrogens is 210 g/mol. The molecule has 0 bridgehead atoms. The number of likely N-dealkylation sites (tertiary alicyclic amines) is 1. The van der Waals surface area contributed by atoms with Crippen molar-refractivity contribution in [3.8, 4) is 0 Å². The molecule has 0 amide bonds. The third-order valence-electron chi connectivity index (χ3n) is 5.50. The van der Waals surface area contributed by atoms with Crippen molar-refractivity contribution in [2.75, 3.05) is 25.5 Å². The number of fused-ring (bicyclic) bond motifs is 2. The van der Waals surface area contributed by atoms with Gasteiger partial charge in [0.25, 0.3) is 0 Å². The second-order valence-electron chi connectivity index (χ2n) is 6.24. The molecule has 3 heterocycles. The molecule has 0 unspecified atom stereocenters. The number of anilines is 1. The lowest BCUT2D eigenvalue weighted by Crippen LogP contribution is -2.71. The molecule has 3 aliphatic rings. The van der Waals surface area contributed by atoms with Gasteiger partial charge in [-0.2, -0.15) is 0 Å². The van der Waals surface area contributed by atoms with Crippen LogP contribution < -0.4 is 5.32 Å². The van der Waals surface area contributed by atoms with Crippen molar-refractivity contribution < 1.29 is 0 Å². The van der Waals surface area contributed by atoms with Crippen LogP contribution in [0.1, 0.15) is 25.3 Å². The molecule has 1 spiro atoms. The first-order valence-corrected chi connectivity index (χ1v) is 6.58. The molecule has 1 saturated heterocycles. The number of nitrogens with one attached hydrogen (secondary N) is 1. The molecule has 90 valence electrons. The van der Waals surface area contributed by atoms with Crippen molar-refractivity contribution in [2.24, 2.45) is 5.92 Å². The molecule has 3 atom stereocenters. The Kier molecular flexibility index (Phi) is 1.65. The highest BCUT2D eigenvalue weighted by Gasteiger charge is 2.68. The van der Waals surface area contributed by atoms with Crippen molar-refractivity contribution in [1.29, 1.82) is 0 Å². The van der Waals surface area contributed by atoms with Gasteiger partial charge in [0.1, 0.15) is 5.82 Å². The average Bonchev–Trinajstić information content (AvgIpc) is 2.49. The van der Waals surface area contributed by atoms with E-state index >= 15 is 0 Å². The fraction of sp³-hybridized carbons (Fsp3) is 0.643. The van der Waals surface area contributed by atoms with Gasteiger partial charge < -0.3 is 10.2 Å². The summed E-state index contributed by atoms with van der Waals surface area (Å²) in [5.74, 6) is 1.93. The topological polar surface area (TPSA) is 28.2 Å². The summed E-state index contributed by atoms with van der Waals surface area (Å²) in [5.41, 5.74) is 2.07. The molecule has 3 nitrogen and oxygen atoms in total. The molecule has 1 N–H and O–H groups in total. The van der Waals surface area contributed by atoms with Crippen LogP contribution in [-0.2, 0) is 5.41 Å². The molecule has 17 heavy (non-hydrogen) atoms. The quantitative estimate of drug-likeness (QED) is 0.736. The maximum Gasteiger partial charge on any atom is 0.130 e. The first-order chi connectivity index (χ1) is 8.16. The summed E-state index contributed by atoms with van der Waals surface area (Å²) in [7, 11) is 2.24. The van der Waals surface area contributed by atoms with E-state index in [4.69, 9.17) is 0 Å². The number of hydrogen-bond acceptors (Lipinski definition) is 3. The van der Waals surface area contributed by atoms with E-state index in [0.29, 0.717) is 11.0 Å². The summed E-state index contributed by atoms with van der Waals surface area (Å²) in [5, 5.41) is 3.77. The number of piperidine rings is 1. The van der Waals surface area contributed by atoms with Crippen LogP contribution in [-0.4, -0.2) is 35.6 Å². The van der Waals surface area contributed by atoms with E-state index in [1.165, 1.54) is 31.5 Å². The molecule has 1 aromatic rings. The zero-order chi connectivity index (χ0) is 11.7. The van der Waals surface area contributed by atoms with Crippen molar-refractivity contribution in [1.82, 2.24) is 9.88 Å². The van der Waals surface area contributed by atoms with Gasteiger partial charge in [0.05, 0.1) is 5.54 Å². The Morgan fingerprint density at radius 1 is 1.53 bits per heavy atom. The van der Waals surface area contributed by atoms with Crippen LogP contribution in [0.5, 0.6) is 0 Å². The molecule has 3 heteroatoms. The number of rotatable bonds is 0. The minimum Gasteiger partial charge on any atom is -0.363 e. The zero-order valence-corrected chi connectivity index (χ0v) is 10.5. The van der Waals surface area contributed by atoms with Gasteiger partial charge in [-0.15, -0.1) is 0 Å². The molecule has 1 aliphatic carbocycles. The van der Waals surface area contributed by atoms with Gasteiger partial charge >= 0.3 is 0 Å². The van der Waals surface area contributed by atoms with Gasteiger partial charge in [-0.25, -0.2) is 4.98 Å². The first kappa shape index (κ1) is 9.89. The van der Waals surface area contributed by atoms with Crippen LogP contribution in [0.2, 0.25) is 0 Å². The second kappa shape index (κ2) is 2.83. The summed E-state index contributed by atoms with van der Waals surface area (Å²) in [6.45, 7) is 4.86. The SMILES string of the molecule is CN1CC[C@@]23Nc4ncccc4[C@]2(C)C[C@H]3C1. The highest BCUT2D eigenvalue weighted by Crippen LogP contribution is 2.64. The lowest BCUT2D eigenvalue weighted by molar-refractivity contribution is -0.0261. The van der Waals surface area contributed by atoms with Gasteiger partial charge in [0.2, 0.25) is 0 Å². The Labute approximate surface area is 102 Å². The van der Waals surface area contributed by atoms with Gasteiger partial charge in [0, 0.05) is 30.3 Å². The van der Waals surface area contributed by atoms with Gasteiger partial charge in [-0.05, 0) is 31.9 Å². The highest BCUT2D eigenvalue weighted by atomic mass is 15.2. The molecular formula is C14H19N3. The standard InChI is InChI=1S/C14H19N3/c1-13-8-10-9-17(2)7-5-14(10,13)16-12-11(13)4-3-6-15-12/h3-4,6,10H,5,7-9H2,1-2H3,(H,15,16)/t10-,13-,14-/m0/s1. The lowest BCUT2D eigenvalue weighted by atomic mass is 9.46. The molecule has 1 aromatic heterocycles. The third-order valence-corrected chi connectivity index (χ3v) is 5.50. The molecule has 2 fully saturated rings. The largest absolute Gasteiger partial charge is 0.363 e. The van der Waals surface area contributed by atoms with E-state index in [1.54, 1.807) is 0 Å². The van der Waals surface area contributed by atoms with Crippen LogP contribution in [0.15, 0.2) is 18.3 Å². The Morgan fingerprint density at radius 3 is 3.24 bits per heavy atom. The van der Waals surface area contributed by atoms with Crippen LogP contribution in [0.4, 0.5) is 5.82 Å². The van der Waals surface area contributed by atoms with Crippen molar-refractivity contribution in [3.05, 3.63) is 23.9 Å². The van der Waals surface area contributed by atoms with Gasteiger partial charge in [0.15, 0.2) is 0 Å². The van der Waals surface area contributed by atoms with Crippen LogP contribution >= 0.6 is 0 Å². The van der Waals surface area contributed by atoms with E-state index in [9.17, 15) is 0 Å². The number of aromatic nitrogens is 1. The fourth-order valence-corrected chi connectivity index (χ4v) is 4.52. The maximum atomic E-state index is 4.53. The molecule has 0 radical (unpaired) electrons. The van der Waals surface area contributed by atoms with E-state index in [-0.39, 0.29) is 0 Å². The predicted octanol–water partition coefficient (Wildman–Crippen LogP) is 1.86. The normalized spacial score (nSPS) is 43.1. The summed E-state index contributed by atoms with van der Waals surface area (Å²) >= 11 is 0. The maximum absolute atomic E-state index is 4.53. The average molecular weight is 229 g/mol. The van der Waals surface area contributed by atoms with E-state index in [2.05, 4.69) is 41.3 Å². The van der Waals surface area contributed by atoms with E-state index in [0.717, 1.165) is 11.7 Å². The Balaban J connectivity index is 1.80. The lowest BCUT2D eigenvalue weighted by Gasteiger charge is -2.63. The third kappa shape index (κ3) is 0.959. The van der Waals surface area contributed by atoms with Crippen molar-refractivity contribution >= 4 is 5.82 Å². The summed E-state index contributed by atoms with van der Waals surface area (Å²) in [6.07, 6.45) is 4.46. The van der Waals surface area contributed by atoms with Crippen molar-refractivity contribution in [2.45, 2.75) is 30.7 Å². The monoisotopic (exact) mass is 229 g/mol. The summed E-state index contributed by atoms with van der Waals surface area (Å²) in [4.78, 5) is 6.99. The molecule has 2 aliphatic heterocycles. The van der Waals surface area contributed by atoms with Crippen molar-refractivity contribution in [3.63, 3.8) is 0 Å². The minimum absolute atomic E-state index is 0.302. The molecule has 4 rings (SSSR count). The predicted molar refractivity (Wildman–Crippen MR) is 68.2 cm³/mol. The second-order valence-corrected chi connectivity index (χ2v) is 6.24. The fourth-order valence-electron chi connectivity index (χ4n) is 4.52. The number of nitrogens with zero attached hydrogens (tertiary/aromatic N) is 2.